The number of hydrogen-bond donors (Lipinski definition) is 1. The van der Waals surface area contributed by atoms with Crippen LogP contribution in [0.5, 0.6) is 0 Å². The van der Waals surface area contributed by atoms with Crippen molar-refractivity contribution in [2.24, 2.45) is 5.41 Å². The third-order valence-electron chi connectivity index (χ3n) is 3.66. The number of nitro benzene ring substituents is 1. The number of carbonyl (C=O) groups excluding carboxylic acids is 1. The van der Waals surface area contributed by atoms with Gasteiger partial charge in [0.1, 0.15) is 5.41 Å². The Bertz CT molecular complexity index is 615. The summed E-state index contributed by atoms with van der Waals surface area (Å²) in [5.41, 5.74) is -0.360. The molecule has 21 heavy (non-hydrogen) atoms. The summed E-state index contributed by atoms with van der Waals surface area (Å²) in [5, 5.41) is 22.8. The van der Waals surface area contributed by atoms with E-state index in [4.69, 9.17) is 4.74 Å². The Labute approximate surface area is 121 Å². The van der Waals surface area contributed by atoms with Crippen molar-refractivity contribution in [3.8, 4) is 6.07 Å². The number of rotatable bonds is 3. The number of carbonyl (C=O) groups is 1. The number of nitro groups is 1. The second-order valence-electron chi connectivity index (χ2n) is 5.02. The van der Waals surface area contributed by atoms with Gasteiger partial charge in [0, 0.05) is 30.5 Å². The molecule has 0 saturated carbocycles. The maximum Gasteiger partial charge on any atom is 0.274 e. The highest BCUT2D eigenvalue weighted by molar-refractivity contribution is 5.97. The summed E-state index contributed by atoms with van der Waals surface area (Å²) < 4.78 is 5.17. The molecule has 0 unspecified atom stereocenters. The minimum absolute atomic E-state index is 0.0641. The fraction of sp³-hybridized carbons (Fsp3) is 0.429. The average Bonchev–Trinajstić information content (AvgIpc) is 2.49. The molecule has 0 aliphatic carbocycles. The first kappa shape index (κ1) is 14.9. The van der Waals surface area contributed by atoms with Crippen LogP contribution in [0.1, 0.15) is 18.4 Å². The van der Waals surface area contributed by atoms with Crippen LogP contribution in [0, 0.1) is 33.8 Å². The number of hydrogen-bond acceptors (Lipinski definition) is 5. The van der Waals surface area contributed by atoms with Crippen molar-refractivity contribution in [2.75, 3.05) is 18.5 Å². The first-order chi connectivity index (χ1) is 9.98. The van der Waals surface area contributed by atoms with Gasteiger partial charge >= 0.3 is 0 Å². The number of ether oxygens (including phenoxy) is 1. The quantitative estimate of drug-likeness (QED) is 0.678. The van der Waals surface area contributed by atoms with Gasteiger partial charge in [-0.25, -0.2) is 0 Å². The molecule has 110 valence electrons. The number of amides is 1. The maximum atomic E-state index is 12.3. The van der Waals surface area contributed by atoms with E-state index in [1.54, 1.807) is 19.1 Å². The van der Waals surface area contributed by atoms with Gasteiger partial charge in [-0.15, -0.1) is 0 Å². The van der Waals surface area contributed by atoms with Crippen molar-refractivity contribution in [1.29, 1.82) is 5.26 Å². The molecule has 1 amide bonds. The van der Waals surface area contributed by atoms with E-state index < -0.39 is 16.2 Å². The molecular weight excluding hydrogens is 274 g/mol. The number of nitriles is 1. The van der Waals surface area contributed by atoms with Crippen molar-refractivity contribution in [3.63, 3.8) is 0 Å². The molecule has 1 N–H and O–H groups in total. The van der Waals surface area contributed by atoms with Crippen LogP contribution in [0.15, 0.2) is 18.2 Å². The molecule has 1 saturated heterocycles. The van der Waals surface area contributed by atoms with E-state index >= 15 is 0 Å². The molecular formula is C14H15N3O4. The van der Waals surface area contributed by atoms with E-state index in [-0.39, 0.29) is 5.69 Å². The zero-order chi connectivity index (χ0) is 15.5. The SMILES string of the molecule is Cc1ccc(NC(=O)C2(C#N)CCOCC2)cc1[N+](=O)[O-]. The van der Waals surface area contributed by atoms with E-state index in [1.807, 2.05) is 0 Å². The molecule has 1 aromatic carbocycles. The second-order valence-corrected chi connectivity index (χ2v) is 5.02. The predicted molar refractivity (Wildman–Crippen MR) is 74.6 cm³/mol. The Kier molecular flexibility index (Phi) is 4.19. The van der Waals surface area contributed by atoms with Crippen LogP contribution in [0.4, 0.5) is 11.4 Å². The van der Waals surface area contributed by atoms with Gasteiger partial charge in [-0.05, 0) is 25.8 Å². The summed E-state index contributed by atoms with van der Waals surface area (Å²) in [5.74, 6) is -0.438. The zero-order valence-electron chi connectivity index (χ0n) is 11.6. The fourth-order valence-electron chi connectivity index (χ4n) is 2.24. The van der Waals surface area contributed by atoms with Crippen molar-refractivity contribution >= 4 is 17.3 Å². The lowest BCUT2D eigenvalue weighted by atomic mass is 9.81. The summed E-state index contributed by atoms with van der Waals surface area (Å²) in [4.78, 5) is 22.7. The molecule has 0 atom stereocenters. The Hall–Kier alpha value is -2.46. The van der Waals surface area contributed by atoms with E-state index in [1.165, 1.54) is 6.07 Å². The first-order valence-corrected chi connectivity index (χ1v) is 6.54. The van der Waals surface area contributed by atoms with Crippen molar-refractivity contribution in [1.82, 2.24) is 0 Å². The lowest BCUT2D eigenvalue weighted by Gasteiger charge is -2.29. The van der Waals surface area contributed by atoms with Gasteiger partial charge in [0.25, 0.3) is 5.69 Å². The third kappa shape index (κ3) is 3.01. The molecule has 0 spiro atoms. The monoisotopic (exact) mass is 289 g/mol. The molecule has 7 heteroatoms. The van der Waals surface area contributed by atoms with E-state index in [0.717, 1.165) is 0 Å². The van der Waals surface area contributed by atoms with Gasteiger partial charge in [0.05, 0.1) is 11.0 Å². The molecule has 1 aromatic rings. The molecule has 7 nitrogen and oxygen atoms in total. The molecule has 0 bridgehead atoms. The van der Waals surface area contributed by atoms with Crippen LogP contribution in [-0.2, 0) is 9.53 Å². The Balaban J connectivity index is 2.21. The highest BCUT2D eigenvalue weighted by atomic mass is 16.6. The lowest BCUT2D eigenvalue weighted by molar-refractivity contribution is -0.385. The normalized spacial score (nSPS) is 16.8. The van der Waals surface area contributed by atoms with Gasteiger partial charge in [0.2, 0.25) is 5.91 Å². The van der Waals surface area contributed by atoms with Crippen LogP contribution < -0.4 is 5.32 Å². The number of aryl methyl sites for hydroxylation is 1. The van der Waals surface area contributed by atoms with Gasteiger partial charge in [0.15, 0.2) is 0 Å². The van der Waals surface area contributed by atoms with Gasteiger partial charge in [-0.1, -0.05) is 6.07 Å². The average molecular weight is 289 g/mol. The van der Waals surface area contributed by atoms with Crippen molar-refractivity contribution in [3.05, 3.63) is 33.9 Å². The molecule has 0 radical (unpaired) electrons. The second kappa shape index (κ2) is 5.89. The van der Waals surface area contributed by atoms with Crippen LogP contribution in [0.25, 0.3) is 0 Å². The number of anilines is 1. The lowest BCUT2D eigenvalue weighted by Crippen LogP contribution is -2.39. The first-order valence-electron chi connectivity index (χ1n) is 6.54. The Morgan fingerprint density at radius 2 is 2.14 bits per heavy atom. The third-order valence-corrected chi connectivity index (χ3v) is 3.66. The number of benzene rings is 1. The summed E-state index contributed by atoms with van der Waals surface area (Å²) in [6.45, 7) is 2.34. The van der Waals surface area contributed by atoms with Gasteiger partial charge < -0.3 is 10.1 Å². The zero-order valence-corrected chi connectivity index (χ0v) is 11.6. The van der Waals surface area contributed by atoms with Gasteiger partial charge in [-0.2, -0.15) is 5.26 Å². The molecule has 1 aliphatic rings. The summed E-state index contributed by atoms with van der Waals surface area (Å²) >= 11 is 0. The van der Waals surface area contributed by atoms with E-state index in [2.05, 4.69) is 11.4 Å². The van der Waals surface area contributed by atoms with E-state index in [0.29, 0.717) is 37.3 Å². The summed E-state index contributed by atoms with van der Waals surface area (Å²) in [6, 6.07) is 6.52. The van der Waals surface area contributed by atoms with Gasteiger partial charge in [-0.3, -0.25) is 14.9 Å². The summed E-state index contributed by atoms with van der Waals surface area (Å²) in [7, 11) is 0. The largest absolute Gasteiger partial charge is 0.381 e. The Morgan fingerprint density at radius 1 is 1.48 bits per heavy atom. The highest BCUT2D eigenvalue weighted by Crippen LogP contribution is 2.32. The smallest absolute Gasteiger partial charge is 0.274 e. The highest BCUT2D eigenvalue weighted by Gasteiger charge is 2.40. The van der Waals surface area contributed by atoms with Crippen LogP contribution in [0.2, 0.25) is 0 Å². The van der Waals surface area contributed by atoms with Crippen LogP contribution in [0.3, 0.4) is 0 Å². The topological polar surface area (TPSA) is 105 Å². The van der Waals surface area contributed by atoms with E-state index in [9.17, 15) is 20.2 Å². The van der Waals surface area contributed by atoms with Crippen molar-refractivity contribution in [2.45, 2.75) is 19.8 Å². The Morgan fingerprint density at radius 3 is 2.71 bits per heavy atom. The fourth-order valence-corrected chi connectivity index (χ4v) is 2.24. The number of nitrogens with zero attached hydrogens (tertiary/aromatic N) is 2. The van der Waals surface area contributed by atoms with Crippen LogP contribution >= 0.6 is 0 Å². The molecule has 1 fully saturated rings. The molecule has 2 rings (SSSR count). The van der Waals surface area contributed by atoms with Crippen LogP contribution in [-0.4, -0.2) is 24.0 Å². The molecule has 1 heterocycles. The molecule has 0 aromatic heterocycles. The maximum absolute atomic E-state index is 12.3. The molecule has 1 aliphatic heterocycles. The minimum Gasteiger partial charge on any atom is -0.381 e. The van der Waals surface area contributed by atoms with Crippen molar-refractivity contribution < 1.29 is 14.5 Å². The standard InChI is InChI=1S/C14H15N3O4/c1-10-2-3-11(8-12(10)17(19)20)16-13(18)14(9-15)4-6-21-7-5-14/h2-3,8H,4-7H2,1H3,(H,16,18). The minimum atomic E-state index is -1.13. The predicted octanol–water partition coefficient (Wildman–Crippen LogP) is 2.16. The summed E-state index contributed by atoms with van der Waals surface area (Å²) in [6.07, 6.45) is 0.645. The number of nitrogens with one attached hydrogen (secondary N) is 1.